The van der Waals surface area contributed by atoms with Crippen LogP contribution in [0.15, 0.2) is 24.3 Å². The van der Waals surface area contributed by atoms with E-state index in [2.05, 4.69) is 34.6 Å². The van der Waals surface area contributed by atoms with Crippen molar-refractivity contribution >= 4 is 11.0 Å². The predicted octanol–water partition coefficient (Wildman–Crippen LogP) is 1.65. The molecule has 0 fully saturated rings. The van der Waals surface area contributed by atoms with E-state index in [9.17, 15) is 0 Å². The van der Waals surface area contributed by atoms with Gasteiger partial charge in [0.25, 0.3) is 0 Å². The predicted molar refractivity (Wildman–Crippen MR) is 65.0 cm³/mol. The molecule has 0 saturated heterocycles. The van der Waals surface area contributed by atoms with Crippen molar-refractivity contribution in [3.05, 3.63) is 41.2 Å². The molecule has 2 heterocycles. The molecule has 0 N–H and O–H groups in total. The van der Waals surface area contributed by atoms with Gasteiger partial charge in [0.2, 0.25) is 5.52 Å². The highest BCUT2D eigenvalue weighted by molar-refractivity contribution is 5.69. The van der Waals surface area contributed by atoms with Crippen LogP contribution in [0.1, 0.15) is 23.9 Å². The van der Waals surface area contributed by atoms with Gasteiger partial charge in [0.05, 0.1) is 4.74 Å². The zero-order chi connectivity index (χ0) is 12.0. The molecule has 1 aromatic carbocycles. The molecule has 17 heavy (non-hydrogen) atoms. The number of para-hydroxylation sites is 1. The van der Waals surface area contributed by atoms with E-state index in [-0.39, 0.29) is 0 Å². The second-order valence-electron chi connectivity index (χ2n) is 4.27. The van der Waals surface area contributed by atoms with Gasteiger partial charge in [-0.3, -0.25) is 0 Å². The van der Waals surface area contributed by atoms with Gasteiger partial charge in [0.1, 0.15) is 11.4 Å². The summed E-state index contributed by atoms with van der Waals surface area (Å²) in [7, 11) is 0. The first-order chi connectivity index (χ1) is 8.22. The maximum Gasteiger partial charge on any atom is 0.207 e. The Kier molecular flexibility index (Phi) is 2.11. The molecule has 0 aliphatic rings. The fourth-order valence-corrected chi connectivity index (χ4v) is 2.44. The van der Waals surface area contributed by atoms with Crippen molar-refractivity contribution < 1.29 is 4.52 Å². The van der Waals surface area contributed by atoms with E-state index in [1.807, 2.05) is 25.1 Å². The highest BCUT2D eigenvalue weighted by Crippen LogP contribution is 2.11. The largest absolute Gasteiger partial charge is 0.207 e. The fourth-order valence-electron chi connectivity index (χ4n) is 2.44. The SMILES string of the molecule is CCc1c(C)nn2nc3ccccc3[n+]2c1C. The summed E-state index contributed by atoms with van der Waals surface area (Å²) in [4.78, 5) is 0. The minimum absolute atomic E-state index is 0.973. The molecule has 0 unspecified atom stereocenters. The van der Waals surface area contributed by atoms with Gasteiger partial charge in [-0.1, -0.05) is 19.1 Å². The Hall–Kier alpha value is -1.97. The van der Waals surface area contributed by atoms with Crippen LogP contribution in [0.2, 0.25) is 0 Å². The van der Waals surface area contributed by atoms with Crippen molar-refractivity contribution in [1.82, 2.24) is 14.9 Å². The maximum absolute atomic E-state index is 4.51. The van der Waals surface area contributed by atoms with Crippen LogP contribution in [-0.4, -0.2) is 14.9 Å². The van der Waals surface area contributed by atoms with E-state index in [0.717, 1.165) is 23.1 Å². The summed E-state index contributed by atoms with van der Waals surface area (Å²) < 4.78 is 3.76. The molecule has 0 spiro atoms. The Morgan fingerprint density at radius 2 is 1.94 bits per heavy atom. The van der Waals surface area contributed by atoms with Crippen molar-refractivity contribution in [1.29, 1.82) is 0 Å². The number of aryl methyl sites for hydroxylation is 2. The number of hydrogen-bond donors (Lipinski definition) is 0. The molecule has 0 atom stereocenters. The summed E-state index contributed by atoms with van der Waals surface area (Å²) >= 11 is 0. The number of fused-ring (bicyclic) bond motifs is 3. The van der Waals surface area contributed by atoms with E-state index in [1.54, 1.807) is 4.74 Å². The summed E-state index contributed by atoms with van der Waals surface area (Å²) in [6, 6.07) is 8.11. The molecule has 0 aliphatic carbocycles. The van der Waals surface area contributed by atoms with Gasteiger partial charge >= 0.3 is 0 Å². The highest BCUT2D eigenvalue weighted by atomic mass is 15.6. The molecule has 0 bridgehead atoms. The smallest absolute Gasteiger partial charge is 0.125 e. The molecule has 0 saturated carbocycles. The molecule has 4 nitrogen and oxygen atoms in total. The number of rotatable bonds is 1. The lowest BCUT2D eigenvalue weighted by Crippen LogP contribution is -2.36. The first-order valence-electron chi connectivity index (χ1n) is 5.88. The van der Waals surface area contributed by atoms with Crippen molar-refractivity contribution in [3.63, 3.8) is 0 Å². The van der Waals surface area contributed by atoms with Crippen molar-refractivity contribution in [3.8, 4) is 0 Å². The fraction of sp³-hybridized carbons (Fsp3) is 0.308. The van der Waals surface area contributed by atoms with Gasteiger partial charge in [-0.25, -0.2) is 0 Å². The maximum atomic E-state index is 4.51. The topological polar surface area (TPSA) is 34.3 Å². The average molecular weight is 227 g/mol. The summed E-state index contributed by atoms with van der Waals surface area (Å²) in [5.41, 5.74) is 5.65. The van der Waals surface area contributed by atoms with Crippen molar-refractivity contribution in [2.45, 2.75) is 27.2 Å². The van der Waals surface area contributed by atoms with Gasteiger partial charge < -0.3 is 0 Å². The third-order valence-corrected chi connectivity index (χ3v) is 3.27. The second kappa shape index (κ2) is 3.52. The average Bonchev–Trinajstić information content (AvgIpc) is 2.67. The number of aromatic nitrogens is 4. The first kappa shape index (κ1) is 10.2. The summed E-state index contributed by atoms with van der Waals surface area (Å²) in [6.45, 7) is 6.33. The van der Waals surface area contributed by atoms with Crippen LogP contribution in [0.5, 0.6) is 0 Å². The Morgan fingerprint density at radius 3 is 2.71 bits per heavy atom. The Balaban J connectivity index is 2.55. The van der Waals surface area contributed by atoms with Gasteiger partial charge in [-0.15, -0.1) is 4.52 Å². The van der Waals surface area contributed by atoms with Gasteiger partial charge in [-0.2, -0.15) is 0 Å². The zero-order valence-corrected chi connectivity index (χ0v) is 10.3. The van der Waals surface area contributed by atoms with Crippen LogP contribution in [0, 0.1) is 13.8 Å². The number of hydrogen-bond acceptors (Lipinski definition) is 2. The minimum Gasteiger partial charge on any atom is -0.125 e. The minimum atomic E-state index is 0.973. The molecule has 0 radical (unpaired) electrons. The van der Waals surface area contributed by atoms with Crippen LogP contribution in [0.3, 0.4) is 0 Å². The van der Waals surface area contributed by atoms with Gasteiger partial charge in [0.15, 0.2) is 5.52 Å². The van der Waals surface area contributed by atoms with Crippen LogP contribution in [0.25, 0.3) is 11.0 Å². The van der Waals surface area contributed by atoms with E-state index < -0.39 is 0 Å². The lowest BCUT2D eigenvalue weighted by atomic mass is 10.1. The quantitative estimate of drug-likeness (QED) is 0.592. The van der Waals surface area contributed by atoms with Crippen LogP contribution in [-0.2, 0) is 6.42 Å². The van der Waals surface area contributed by atoms with E-state index in [4.69, 9.17) is 0 Å². The number of benzene rings is 1. The summed E-state index contributed by atoms with van der Waals surface area (Å²) in [5.74, 6) is 0. The molecular formula is C13H15N4+. The summed E-state index contributed by atoms with van der Waals surface area (Å²) in [6.07, 6.45) is 0.994. The number of nitrogens with zero attached hydrogens (tertiary/aromatic N) is 4. The molecule has 2 aromatic heterocycles. The van der Waals surface area contributed by atoms with E-state index in [0.29, 0.717) is 0 Å². The molecule has 4 heteroatoms. The molecule has 3 aromatic rings. The van der Waals surface area contributed by atoms with Gasteiger partial charge in [0, 0.05) is 15.8 Å². The zero-order valence-electron chi connectivity index (χ0n) is 10.3. The standard InChI is InChI=1S/C13H15N4/c1-4-11-9(2)14-17-15-12-7-5-6-8-13(12)16(17)10(11)3/h5-8H,4H2,1-3H3/q+1. The van der Waals surface area contributed by atoms with E-state index in [1.165, 1.54) is 11.3 Å². The monoisotopic (exact) mass is 227 g/mol. The Morgan fingerprint density at radius 1 is 1.18 bits per heavy atom. The third kappa shape index (κ3) is 1.33. The van der Waals surface area contributed by atoms with Crippen molar-refractivity contribution in [2.75, 3.05) is 0 Å². The lowest BCUT2D eigenvalue weighted by Gasteiger charge is -2.02. The van der Waals surface area contributed by atoms with E-state index >= 15 is 0 Å². The molecule has 0 amide bonds. The lowest BCUT2D eigenvalue weighted by molar-refractivity contribution is -0.613. The Bertz CT molecular complexity index is 712. The third-order valence-electron chi connectivity index (χ3n) is 3.27. The second-order valence-corrected chi connectivity index (χ2v) is 4.27. The van der Waals surface area contributed by atoms with Crippen LogP contribution < -0.4 is 4.52 Å². The molecular weight excluding hydrogens is 212 g/mol. The first-order valence-corrected chi connectivity index (χ1v) is 5.88. The molecule has 86 valence electrons. The van der Waals surface area contributed by atoms with Crippen molar-refractivity contribution in [2.24, 2.45) is 0 Å². The normalized spacial score (nSPS) is 11.5. The summed E-state index contributed by atoms with van der Waals surface area (Å²) in [5, 5.41) is 8.99. The van der Waals surface area contributed by atoms with Crippen LogP contribution in [0.4, 0.5) is 0 Å². The Labute approximate surface area is 99.5 Å². The highest BCUT2D eigenvalue weighted by Gasteiger charge is 2.18. The van der Waals surface area contributed by atoms with Gasteiger partial charge in [-0.05, 0) is 32.4 Å². The van der Waals surface area contributed by atoms with Crippen LogP contribution >= 0.6 is 0 Å². The molecule has 3 rings (SSSR count). The molecule has 0 aliphatic heterocycles.